The van der Waals surface area contributed by atoms with Gasteiger partial charge in [0.25, 0.3) is 0 Å². The number of aryl methyl sites for hydroxylation is 2. The van der Waals surface area contributed by atoms with Gasteiger partial charge in [0.1, 0.15) is 23.2 Å². The number of carbonyl (C=O) groups excluding carboxylic acids is 2. The summed E-state index contributed by atoms with van der Waals surface area (Å²) in [5.41, 5.74) is 0.785. The average molecular weight is 307 g/mol. The third-order valence-corrected chi connectivity index (χ3v) is 3.37. The zero-order valence-electron chi connectivity index (χ0n) is 14.4. The van der Waals surface area contributed by atoms with Crippen LogP contribution in [0, 0.1) is 13.8 Å². The number of hydrogen-bond acceptors (Lipinski definition) is 4. The van der Waals surface area contributed by atoms with Crippen LogP contribution in [0.15, 0.2) is 12.1 Å². The zero-order valence-corrected chi connectivity index (χ0v) is 14.4. The Morgan fingerprint density at radius 3 is 2.14 bits per heavy atom. The minimum absolute atomic E-state index is 0.550. The average Bonchev–Trinajstić information content (AvgIpc) is 2.38. The van der Waals surface area contributed by atoms with Crippen LogP contribution in [0.3, 0.4) is 0 Å². The van der Waals surface area contributed by atoms with Gasteiger partial charge >= 0.3 is 6.09 Å². The second kappa shape index (κ2) is 6.38. The lowest BCUT2D eigenvalue weighted by Gasteiger charge is -2.29. The molecule has 22 heavy (non-hydrogen) atoms. The summed E-state index contributed by atoms with van der Waals surface area (Å²) in [6.45, 7) is 10.8. The van der Waals surface area contributed by atoms with E-state index in [1.165, 1.54) is 7.11 Å². The second-order valence-electron chi connectivity index (χ2n) is 6.58. The van der Waals surface area contributed by atoms with Gasteiger partial charge in [-0.15, -0.1) is 0 Å². The Bertz CT molecular complexity index is 575. The van der Waals surface area contributed by atoms with Crippen molar-refractivity contribution in [1.29, 1.82) is 0 Å². The number of aldehydes is 1. The summed E-state index contributed by atoms with van der Waals surface area (Å²) in [5.74, 6) is 0.550. The predicted octanol–water partition coefficient (Wildman–Crippen LogP) is 3.25. The van der Waals surface area contributed by atoms with E-state index >= 15 is 0 Å². The molecule has 1 aromatic rings. The quantitative estimate of drug-likeness (QED) is 0.867. The molecule has 5 heteroatoms. The molecule has 0 aliphatic carbocycles. The third kappa shape index (κ3) is 4.23. The largest absolute Gasteiger partial charge is 0.496 e. The molecule has 1 atom stereocenters. The SMILES string of the molecule is COc1cc(C)c(C)cc1C(C)(C=O)NC(=O)OC(C)(C)C. The Labute approximate surface area is 132 Å². The van der Waals surface area contributed by atoms with Crippen LogP contribution in [0.2, 0.25) is 0 Å². The van der Waals surface area contributed by atoms with Crippen LogP contribution in [-0.4, -0.2) is 25.1 Å². The molecular weight excluding hydrogens is 282 g/mol. The summed E-state index contributed by atoms with van der Waals surface area (Å²) >= 11 is 0. The van der Waals surface area contributed by atoms with Crippen molar-refractivity contribution in [3.05, 3.63) is 28.8 Å². The van der Waals surface area contributed by atoms with Gasteiger partial charge < -0.3 is 19.6 Å². The van der Waals surface area contributed by atoms with Gasteiger partial charge in [-0.3, -0.25) is 0 Å². The summed E-state index contributed by atoms with van der Waals surface area (Å²) in [7, 11) is 1.53. The smallest absolute Gasteiger partial charge is 0.408 e. The summed E-state index contributed by atoms with van der Waals surface area (Å²) in [6.07, 6.45) is 0.0335. The van der Waals surface area contributed by atoms with Crippen molar-refractivity contribution in [2.75, 3.05) is 7.11 Å². The summed E-state index contributed by atoms with van der Waals surface area (Å²) in [5, 5.41) is 2.63. The van der Waals surface area contributed by atoms with Gasteiger partial charge in [0.15, 0.2) is 0 Å². The molecule has 1 amide bonds. The van der Waals surface area contributed by atoms with Gasteiger partial charge in [0, 0.05) is 5.56 Å². The maximum absolute atomic E-state index is 12.0. The fourth-order valence-corrected chi connectivity index (χ4v) is 2.04. The van der Waals surface area contributed by atoms with Crippen molar-refractivity contribution in [2.24, 2.45) is 0 Å². The van der Waals surface area contributed by atoms with E-state index in [9.17, 15) is 9.59 Å². The van der Waals surface area contributed by atoms with E-state index in [0.717, 1.165) is 11.1 Å². The van der Waals surface area contributed by atoms with E-state index in [4.69, 9.17) is 9.47 Å². The molecule has 0 fully saturated rings. The molecule has 1 N–H and O–H groups in total. The van der Waals surface area contributed by atoms with Crippen molar-refractivity contribution in [1.82, 2.24) is 5.32 Å². The monoisotopic (exact) mass is 307 g/mol. The first-order chi connectivity index (χ1) is 10.0. The highest BCUT2D eigenvalue weighted by Gasteiger charge is 2.33. The van der Waals surface area contributed by atoms with Crippen LogP contribution < -0.4 is 10.1 Å². The molecule has 1 rings (SSSR count). The highest BCUT2D eigenvalue weighted by molar-refractivity contribution is 5.79. The van der Waals surface area contributed by atoms with Crippen molar-refractivity contribution in [3.8, 4) is 5.75 Å². The predicted molar refractivity (Wildman–Crippen MR) is 85.3 cm³/mol. The lowest BCUT2D eigenvalue weighted by Crippen LogP contribution is -2.47. The fourth-order valence-electron chi connectivity index (χ4n) is 2.04. The number of alkyl carbamates (subject to hydrolysis) is 1. The van der Waals surface area contributed by atoms with Crippen LogP contribution in [0.25, 0.3) is 0 Å². The lowest BCUT2D eigenvalue weighted by molar-refractivity contribution is -0.113. The Kier molecular flexibility index (Phi) is 5.22. The van der Waals surface area contributed by atoms with E-state index in [2.05, 4.69) is 5.32 Å². The maximum Gasteiger partial charge on any atom is 0.408 e. The molecule has 0 bridgehead atoms. The molecule has 0 saturated carbocycles. The standard InChI is InChI=1S/C17H25NO4/c1-11-8-13(14(21-7)9-12(11)2)17(6,10-19)18-15(20)22-16(3,4)5/h8-10H,1-7H3,(H,18,20). The first-order valence-electron chi connectivity index (χ1n) is 7.15. The van der Waals surface area contributed by atoms with Gasteiger partial charge in [0.05, 0.1) is 7.11 Å². The van der Waals surface area contributed by atoms with Gasteiger partial charge in [-0.05, 0) is 64.8 Å². The zero-order chi connectivity index (χ0) is 17.1. The number of rotatable bonds is 4. The van der Waals surface area contributed by atoms with Crippen LogP contribution in [0.5, 0.6) is 5.75 Å². The minimum Gasteiger partial charge on any atom is -0.496 e. The second-order valence-corrected chi connectivity index (χ2v) is 6.58. The number of benzene rings is 1. The van der Waals surface area contributed by atoms with E-state index in [0.29, 0.717) is 17.6 Å². The summed E-state index contributed by atoms with van der Waals surface area (Å²) < 4.78 is 10.6. The Balaban J connectivity index is 3.21. The van der Waals surface area contributed by atoms with Crippen LogP contribution in [-0.2, 0) is 15.1 Å². The molecule has 1 unspecified atom stereocenters. The third-order valence-electron chi connectivity index (χ3n) is 3.37. The number of ether oxygens (including phenoxy) is 2. The maximum atomic E-state index is 12.0. The summed E-state index contributed by atoms with van der Waals surface area (Å²) in [4.78, 5) is 23.7. The molecule has 0 radical (unpaired) electrons. The molecule has 0 spiro atoms. The molecule has 0 aromatic heterocycles. The van der Waals surface area contributed by atoms with Gasteiger partial charge in [-0.2, -0.15) is 0 Å². The highest BCUT2D eigenvalue weighted by atomic mass is 16.6. The lowest BCUT2D eigenvalue weighted by atomic mass is 9.90. The molecule has 122 valence electrons. The minimum atomic E-state index is -1.23. The first kappa shape index (κ1) is 18.0. The number of hydrogen-bond donors (Lipinski definition) is 1. The molecule has 0 aliphatic rings. The van der Waals surface area contributed by atoms with Gasteiger partial charge in [-0.1, -0.05) is 0 Å². The van der Waals surface area contributed by atoms with E-state index in [-0.39, 0.29) is 0 Å². The summed E-state index contributed by atoms with van der Waals surface area (Å²) in [6, 6.07) is 3.70. The highest BCUT2D eigenvalue weighted by Crippen LogP contribution is 2.31. The van der Waals surface area contributed by atoms with Crippen LogP contribution in [0.4, 0.5) is 4.79 Å². The normalized spacial score (nSPS) is 14.0. The van der Waals surface area contributed by atoms with E-state index in [1.54, 1.807) is 27.7 Å². The topological polar surface area (TPSA) is 64.6 Å². The number of amides is 1. The van der Waals surface area contributed by atoms with Crippen molar-refractivity contribution < 1.29 is 19.1 Å². The van der Waals surface area contributed by atoms with Crippen LogP contribution >= 0.6 is 0 Å². The molecule has 5 nitrogen and oxygen atoms in total. The van der Waals surface area contributed by atoms with E-state index in [1.807, 2.05) is 26.0 Å². The molecule has 0 aliphatic heterocycles. The molecule has 0 heterocycles. The van der Waals surface area contributed by atoms with Gasteiger partial charge in [-0.25, -0.2) is 4.79 Å². The molecular formula is C17H25NO4. The number of methoxy groups -OCH3 is 1. The Hall–Kier alpha value is -2.04. The van der Waals surface area contributed by atoms with Crippen molar-refractivity contribution >= 4 is 12.4 Å². The van der Waals surface area contributed by atoms with Crippen molar-refractivity contribution in [2.45, 2.75) is 52.7 Å². The van der Waals surface area contributed by atoms with Gasteiger partial charge in [0.2, 0.25) is 0 Å². The van der Waals surface area contributed by atoms with Crippen LogP contribution in [0.1, 0.15) is 44.4 Å². The molecule has 0 saturated heterocycles. The van der Waals surface area contributed by atoms with E-state index < -0.39 is 17.2 Å². The van der Waals surface area contributed by atoms with Crippen molar-refractivity contribution in [3.63, 3.8) is 0 Å². The number of carbonyl (C=O) groups is 2. The fraction of sp³-hybridized carbons (Fsp3) is 0.529. The first-order valence-corrected chi connectivity index (χ1v) is 7.15. The molecule has 1 aromatic carbocycles. The Morgan fingerprint density at radius 1 is 1.14 bits per heavy atom. The number of nitrogens with one attached hydrogen (secondary N) is 1. The Morgan fingerprint density at radius 2 is 1.68 bits per heavy atom.